The van der Waals surface area contributed by atoms with Gasteiger partial charge in [0.05, 0.1) is 11.5 Å². The third-order valence-electron chi connectivity index (χ3n) is 4.64. The summed E-state index contributed by atoms with van der Waals surface area (Å²) in [6.07, 6.45) is -0.0521. The van der Waals surface area contributed by atoms with Crippen molar-refractivity contribution >= 4 is 5.97 Å². The summed E-state index contributed by atoms with van der Waals surface area (Å²) in [5.41, 5.74) is 8.28. The number of allylic oxidation sites excluding steroid dienone is 1. The molecule has 2 atom stereocenters. The van der Waals surface area contributed by atoms with Gasteiger partial charge in [-0.05, 0) is 11.1 Å². The normalized spacial score (nSPS) is 22.2. The Labute approximate surface area is 151 Å². The Balaban J connectivity index is 1.79. The highest BCUT2D eigenvalue weighted by Crippen LogP contribution is 2.45. The fourth-order valence-electron chi connectivity index (χ4n) is 3.43. The lowest BCUT2D eigenvalue weighted by Crippen LogP contribution is -2.31. The predicted octanol–water partition coefficient (Wildman–Crippen LogP) is 3.44. The number of esters is 1. The Bertz CT molecular complexity index is 956. The Morgan fingerprint density at radius 2 is 1.62 bits per heavy atom. The van der Waals surface area contributed by atoms with Crippen LogP contribution < -0.4 is 5.73 Å². The Kier molecular flexibility index (Phi) is 3.94. The molecule has 0 aromatic heterocycles. The standard InChI is InChI=1S/C21H16N2O3/c22-12-15-18(14-9-5-2-6-10-14)19-17(25-20(15)23)11-16(26-21(19)24)13-7-3-1-4-8-13/h1-10,16,18H,11,23H2/t16-,18+/m1/s1. The van der Waals surface area contributed by atoms with E-state index < -0.39 is 18.0 Å². The molecule has 128 valence electrons. The van der Waals surface area contributed by atoms with Gasteiger partial charge in [0.1, 0.15) is 23.5 Å². The van der Waals surface area contributed by atoms with Crippen LogP contribution in [0, 0.1) is 11.3 Å². The van der Waals surface area contributed by atoms with E-state index in [2.05, 4.69) is 6.07 Å². The second kappa shape index (κ2) is 6.41. The fourth-order valence-corrected chi connectivity index (χ4v) is 3.43. The van der Waals surface area contributed by atoms with E-state index in [0.29, 0.717) is 17.8 Å². The largest absolute Gasteiger partial charge is 0.454 e. The molecule has 0 unspecified atom stereocenters. The first-order chi connectivity index (χ1) is 12.7. The highest BCUT2D eigenvalue weighted by molar-refractivity contribution is 5.93. The Morgan fingerprint density at radius 1 is 1.00 bits per heavy atom. The van der Waals surface area contributed by atoms with Crippen LogP contribution in [-0.4, -0.2) is 5.97 Å². The molecule has 0 bridgehead atoms. The van der Waals surface area contributed by atoms with Crippen molar-refractivity contribution < 1.29 is 14.3 Å². The van der Waals surface area contributed by atoms with Gasteiger partial charge in [-0.3, -0.25) is 0 Å². The summed E-state index contributed by atoms with van der Waals surface area (Å²) in [6, 6.07) is 20.9. The number of hydrogen-bond acceptors (Lipinski definition) is 5. The third-order valence-corrected chi connectivity index (χ3v) is 4.64. The van der Waals surface area contributed by atoms with E-state index in [9.17, 15) is 10.1 Å². The molecule has 4 rings (SSSR count). The number of carbonyl (C=O) groups is 1. The first-order valence-electron chi connectivity index (χ1n) is 8.30. The second-order valence-electron chi connectivity index (χ2n) is 6.18. The Hall–Kier alpha value is -3.52. The zero-order chi connectivity index (χ0) is 18.1. The molecule has 5 nitrogen and oxygen atoms in total. The summed E-state index contributed by atoms with van der Waals surface area (Å²) in [4.78, 5) is 12.8. The quantitative estimate of drug-likeness (QED) is 0.844. The molecule has 2 heterocycles. The zero-order valence-corrected chi connectivity index (χ0v) is 13.9. The molecule has 0 radical (unpaired) electrons. The maximum absolute atomic E-state index is 12.8. The van der Waals surface area contributed by atoms with Crippen molar-refractivity contribution in [3.8, 4) is 6.07 Å². The minimum absolute atomic E-state index is 0.0432. The number of rotatable bonds is 2. The van der Waals surface area contributed by atoms with Gasteiger partial charge in [0, 0.05) is 6.42 Å². The average Bonchev–Trinajstić information content (AvgIpc) is 2.68. The molecule has 2 aromatic carbocycles. The van der Waals surface area contributed by atoms with Gasteiger partial charge in [-0.25, -0.2) is 4.79 Å². The maximum Gasteiger partial charge on any atom is 0.339 e. The van der Waals surface area contributed by atoms with Crippen LogP contribution in [-0.2, 0) is 14.3 Å². The second-order valence-corrected chi connectivity index (χ2v) is 6.18. The van der Waals surface area contributed by atoms with E-state index in [-0.39, 0.29) is 11.5 Å². The Morgan fingerprint density at radius 3 is 2.23 bits per heavy atom. The number of cyclic esters (lactones) is 1. The summed E-state index contributed by atoms with van der Waals surface area (Å²) >= 11 is 0. The monoisotopic (exact) mass is 344 g/mol. The summed E-state index contributed by atoms with van der Waals surface area (Å²) < 4.78 is 11.4. The van der Waals surface area contributed by atoms with Crippen molar-refractivity contribution in [2.75, 3.05) is 0 Å². The van der Waals surface area contributed by atoms with E-state index >= 15 is 0 Å². The predicted molar refractivity (Wildman–Crippen MR) is 94.0 cm³/mol. The van der Waals surface area contributed by atoms with Gasteiger partial charge in [-0.1, -0.05) is 60.7 Å². The van der Waals surface area contributed by atoms with Crippen molar-refractivity contribution in [2.45, 2.75) is 18.4 Å². The van der Waals surface area contributed by atoms with Crippen LogP contribution in [0.1, 0.15) is 29.6 Å². The van der Waals surface area contributed by atoms with E-state index in [1.54, 1.807) is 0 Å². The van der Waals surface area contributed by atoms with Gasteiger partial charge in [0.15, 0.2) is 0 Å². The molecule has 0 aliphatic carbocycles. The highest BCUT2D eigenvalue weighted by Gasteiger charge is 2.42. The molecule has 0 saturated heterocycles. The molecular formula is C21H16N2O3. The fraction of sp³-hybridized carbons (Fsp3) is 0.143. The van der Waals surface area contributed by atoms with Crippen molar-refractivity contribution in [1.82, 2.24) is 0 Å². The summed E-state index contributed by atoms with van der Waals surface area (Å²) in [5, 5.41) is 9.56. The minimum Gasteiger partial charge on any atom is -0.454 e. The number of nitriles is 1. The van der Waals surface area contributed by atoms with Gasteiger partial charge in [0.25, 0.3) is 0 Å². The maximum atomic E-state index is 12.8. The number of nitrogens with two attached hydrogens (primary N) is 1. The molecule has 0 spiro atoms. The van der Waals surface area contributed by atoms with E-state index in [4.69, 9.17) is 15.2 Å². The van der Waals surface area contributed by atoms with Gasteiger partial charge in [0.2, 0.25) is 5.88 Å². The number of nitrogens with zero attached hydrogens (tertiary/aromatic N) is 1. The molecule has 2 aromatic rings. The van der Waals surface area contributed by atoms with Crippen molar-refractivity contribution in [3.63, 3.8) is 0 Å². The molecular weight excluding hydrogens is 328 g/mol. The molecule has 2 N–H and O–H groups in total. The number of carbonyl (C=O) groups excluding carboxylic acids is 1. The molecule has 0 amide bonds. The van der Waals surface area contributed by atoms with Crippen LogP contribution in [0.25, 0.3) is 0 Å². The van der Waals surface area contributed by atoms with E-state index in [1.807, 2.05) is 60.7 Å². The zero-order valence-electron chi connectivity index (χ0n) is 13.9. The molecule has 0 fully saturated rings. The van der Waals surface area contributed by atoms with Gasteiger partial charge in [-0.15, -0.1) is 0 Å². The molecule has 2 aliphatic heterocycles. The van der Waals surface area contributed by atoms with E-state index in [1.165, 1.54) is 0 Å². The van der Waals surface area contributed by atoms with Gasteiger partial charge in [-0.2, -0.15) is 5.26 Å². The topological polar surface area (TPSA) is 85.3 Å². The average molecular weight is 344 g/mol. The van der Waals surface area contributed by atoms with Crippen LogP contribution in [0.3, 0.4) is 0 Å². The van der Waals surface area contributed by atoms with Gasteiger partial charge >= 0.3 is 5.97 Å². The van der Waals surface area contributed by atoms with Crippen molar-refractivity contribution in [3.05, 3.63) is 94.6 Å². The molecule has 2 aliphatic rings. The number of ether oxygens (including phenoxy) is 2. The molecule has 0 saturated carbocycles. The first kappa shape index (κ1) is 16.0. The van der Waals surface area contributed by atoms with Crippen LogP contribution in [0.15, 0.2) is 83.5 Å². The first-order valence-corrected chi connectivity index (χ1v) is 8.30. The van der Waals surface area contributed by atoms with Crippen molar-refractivity contribution in [1.29, 1.82) is 5.26 Å². The van der Waals surface area contributed by atoms with Crippen LogP contribution in [0.4, 0.5) is 0 Å². The van der Waals surface area contributed by atoms with Gasteiger partial charge < -0.3 is 15.2 Å². The smallest absolute Gasteiger partial charge is 0.339 e. The lowest BCUT2D eigenvalue weighted by molar-refractivity contribution is -0.147. The van der Waals surface area contributed by atoms with Crippen LogP contribution >= 0.6 is 0 Å². The summed E-state index contributed by atoms with van der Waals surface area (Å²) in [5.74, 6) is -0.537. The van der Waals surface area contributed by atoms with E-state index in [0.717, 1.165) is 11.1 Å². The minimum atomic E-state index is -0.575. The number of benzene rings is 2. The third kappa shape index (κ3) is 2.62. The van der Waals surface area contributed by atoms with Crippen LogP contribution in [0.2, 0.25) is 0 Å². The lowest BCUT2D eigenvalue weighted by Gasteiger charge is -2.34. The summed E-state index contributed by atoms with van der Waals surface area (Å²) in [6.45, 7) is 0. The summed E-state index contributed by atoms with van der Waals surface area (Å²) in [7, 11) is 0. The van der Waals surface area contributed by atoms with Crippen molar-refractivity contribution in [2.24, 2.45) is 5.73 Å². The number of hydrogen-bond donors (Lipinski definition) is 1. The lowest BCUT2D eigenvalue weighted by atomic mass is 9.81. The SMILES string of the molecule is N#CC1=C(N)OC2=C(C(=O)O[C@@H](c3ccccc3)C2)[C@H]1c1ccccc1. The highest BCUT2D eigenvalue weighted by atomic mass is 16.6. The molecule has 5 heteroatoms. The molecule has 26 heavy (non-hydrogen) atoms. The van der Waals surface area contributed by atoms with Crippen LogP contribution in [0.5, 0.6) is 0 Å².